The molecule has 2 saturated carbocycles. The van der Waals surface area contributed by atoms with Crippen molar-refractivity contribution in [1.29, 1.82) is 0 Å². The Kier molecular flexibility index (Phi) is 47.1. The summed E-state index contributed by atoms with van der Waals surface area (Å²) in [7, 11) is 0.892. The minimum absolute atomic E-state index is 0. The van der Waals surface area contributed by atoms with Crippen molar-refractivity contribution in [3.8, 4) is 0 Å². The molecule has 2 aliphatic carbocycles. The van der Waals surface area contributed by atoms with Gasteiger partial charge in [-0.15, -0.1) is 15.8 Å². The predicted molar refractivity (Wildman–Crippen MR) is 172 cm³/mol. The van der Waals surface area contributed by atoms with Crippen molar-refractivity contribution in [2.24, 2.45) is 0 Å². The van der Waals surface area contributed by atoms with Gasteiger partial charge in [0.1, 0.15) is 0 Å². The van der Waals surface area contributed by atoms with E-state index < -0.39 is 0 Å². The maximum Gasteiger partial charge on any atom is 0 e. The van der Waals surface area contributed by atoms with E-state index in [0.29, 0.717) is 22.7 Å². The summed E-state index contributed by atoms with van der Waals surface area (Å²) in [4.78, 5) is 0. The average Bonchev–Trinajstić information content (AvgIpc) is 3.23. The second-order valence-corrected chi connectivity index (χ2v) is 25.8. The van der Waals surface area contributed by atoms with Crippen molar-refractivity contribution in [2.45, 2.75) is 89.9 Å². The number of hydrogen-bond donors (Lipinski definition) is 0. The van der Waals surface area contributed by atoms with Gasteiger partial charge in [-0.25, -0.2) is 25.7 Å². The Morgan fingerprint density at radius 2 is 0.703 bits per heavy atom. The van der Waals surface area contributed by atoms with E-state index in [0.717, 1.165) is 0 Å². The van der Waals surface area contributed by atoms with Gasteiger partial charge in [0.15, 0.2) is 0 Å². The van der Waals surface area contributed by atoms with Gasteiger partial charge in [0, 0.05) is 39.6 Å². The topological polar surface area (TPSA) is 0 Å². The minimum atomic E-state index is -0.182. The molecule has 0 N–H and O–H groups in total. The molecule has 0 aromatic carbocycles. The van der Waals surface area contributed by atoms with Gasteiger partial charge in [0.25, 0.3) is 0 Å². The second kappa shape index (κ2) is 35.1. The molecule has 14 radical (unpaired) electrons. The number of rotatable bonds is 6. The Morgan fingerprint density at radius 3 is 0.838 bits per heavy atom. The Morgan fingerprint density at radius 1 is 0.486 bits per heavy atom. The zero-order chi connectivity index (χ0) is 27.6. The van der Waals surface area contributed by atoms with E-state index in [-0.39, 0.29) is 60.8 Å². The molecule has 0 nitrogen and oxygen atoms in total. The zero-order valence-electron chi connectivity index (χ0n) is 26.2. The molecule has 0 heterocycles. The van der Waals surface area contributed by atoms with Crippen LogP contribution in [-0.2, 0) is 39.6 Å². The molecule has 2 rings (SSSR count). The molecule has 0 aromatic rings. The van der Waals surface area contributed by atoms with Crippen LogP contribution in [0.15, 0.2) is 0 Å². The monoisotopic (exact) mass is 870 g/mol. The molecule has 37 heavy (non-hydrogen) atoms. The smallest absolute Gasteiger partial charge is 0 e. The largest absolute Gasteiger partial charge is 0.474 e. The molecule has 0 aromatic heterocycles. The first-order chi connectivity index (χ1) is 16.4. The fourth-order valence-electron chi connectivity index (χ4n) is 3.15. The van der Waals surface area contributed by atoms with Crippen molar-refractivity contribution >= 4 is 37.0 Å². The summed E-state index contributed by atoms with van der Waals surface area (Å²) < 4.78 is 1.31. The molecule has 0 bridgehead atoms. The molecule has 0 unspecified atom stereocenters. The van der Waals surface area contributed by atoms with Crippen LogP contribution in [0.4, 0.5) is 0 Å². The third kappa shape index (κ3) is 49.0. The zero-order valence-corrected chi connectivity index (χ0v) is 34.5. The molecule has 0 spiro atoms. The van der Waals surface area contributed by atoms with Crippen LogP contribution in [0.2, 0.25) is 6.86 Å². The number of hydrogen-bond acceptors (Lipinski definition) is 0. The van der Waals surface area contributed by atoms with Crippen molar-refractivity contribution in [2.75, 3.05) is 37.0 Å². The Hall–Kier alpha value is 2.93. The normalized spacial score (nSPS) is 15.0. The summed E-state index contributed by atoms with van der Waals surface area (Å²) >= 11 is -0.182. The first-order valence-electron chi connectivity index (χ1n) is 13.5. The fraction of sp³-hybridized carbons (Fsp3) is 0.625. The van der Waals surface area contributed by atoms with E-state index in [9.17, 15) is 0 Å². The van der Waals surface area contributed by atoms with Crippen molar-refractivity contribution < 1.29 is 39.6 Å². The Balaban J connectivity index is -0.000000115. The molecule has 0 saturated heterocycles. The van der Waals surface area contributed by atoms with Crippen LogP contribution in [0.25, 0.3) is 0 Å². The van der Waals surface area contributed by atoms with Crippen LogP contribution in [-0.4, -0.2) is 58.1 Å². The first kappa shape index (κ1) is 49.6. The third-order valence-electron chi connectivity index (χ3n) is 4.65. The van der Waals surface area contributed by atoms with E-state index in [2.05, 4.69) is 95.9 Å². The van der Waals surface area contributed by atoms with Crippen LogP contribution in [0.1, 0.15) is 83.1 Å². The maximum absolute atomic E-state index is 2.92. The molecular weight excluding hydrogens is 811 g/mol. The van der Waals surface area contributed by atoms with E-state index in [4.69, 9.17) is 0 Å². The standard InChI is InChI=1S/C7H6.2C6H15P.C5H4.2C4H9.Pt.Sn.V/c1-2-4-6-7-5-3-1;2*1-4-7(5-2)6-3;1-2-4-5-3-1;2*1-4(2)3;;;/h1-6H;2*4-6H2,1-3H3;1-4H;2*1-3H3;;;/q-1;;;-1;;;;+1;. The van der Waals surface area contributed by atoms with Gasteiger partial charge < -0.3 is 12.8 Å². The SMILES string of the molecule is CCP(CC)CC.CCP(CC)CC.C[C](C)(C)[Sn+][C](C)(C)C.[C-]1[CH][CH][CH][CH]1.[C-]1[CH][CH][CH][CH][CH][CH]1.[Pt].[V]. The van der Waals surface area contributed by atoms with Gasteiger partial charge in [-0.2, -0.15) is 0 Å². The summed E-state index contributed by atoms with van der Waals surface area (Å²) in [6.45, 7) is 27.9. The molecule has 2 aliphatic rings. The van der Waals surface area contributed by atoms with Gasteiger partial charge in [-0.1, -0.05) is 67.2 Å². The summed E-state index contributed by atoms with van der Waals surface area (Å²) in [6, 6.07) is 0. The van der Waals surface area contributed by atoms with Crippen LogP contribution >= 0.6 is 15.8 Å². The van der Waals surface area contributed by atoms with Crippen LogP contribution in [0.5, 0.6) is 0 Å². The molecule has 5 heteroatoms. The van der Waals surface area contributed by atoms with Gasteiger partial charge in [-0.3, -0.25) is 0 Å². The molecular formula is C32H58P2PtSnV-. The van der Waals surface area contributed by atoms with Crippen LogP contribution in [0, 0.1) is 77.0 Å². The van der Waals surface area contributed by atoms with Gasteiger partial charge in [0.05, 0.1) is 0 Å². The van der Waals surface area contributed by atoms with Crippen LogP contribution < -0.4 is 0 Å². The third-order valence-corrected chi connectivity index (χ3v) is 14.3. The molecule has 0 aliphatic heterocycles. The Bertz CT molecular complexity index is 323. The Labute approximate surface area is 278 Å². The average molecular weight is 869 g/mol. The van der Waals surface area contributed by atoms with Gasteiger partial charge in [-0.05, 0) is 49.8 Å². The van der Waals surface area contributed by atoms with Crippen molar-refractivity contribution in [3.63, 3.8) is 0 Å². The fourth-order valence-corrected chi connectivity index (χ4v) is 12.3. The van der Waals surface area contributed by atoms with Crippen LogP contribution in [0.3, 0.4) is 0 Å². The second-order valence-electron chi connectivity index (χ2n) is 10.0. The molecule has 216 valence electrons. The minimum Gasteiger partial charge on any atom is -0.474 e. The van der Waals surface area contributed by atoms with Crippen molar-refractivity contribution in [1.82, 2.24) is 0 Å². The van der Waals surface area contributed by atoms with E-state index in [1.54, 1.807) is 0 Å². The van der Waals surface area contributed by atoms with E-state index >= 15 is 0 Å². The quantitative estimate of drug-likeness (QED) is 0.108. The maximum atomic E-state index is 2.92. The molecule has 0 amide bonds. The molecule has 0 atom stereocenters. The van der Waals surface area contributed by atoms with E-state index in [1.807, 2.05) is 64.2 Å². The first-order valence-corrected chi connectivity index (χ1v) is 20.1. The van der Waals surface area contributed by atoms with Crippen molar-refractivity contribution in [3.05, 3.63) is 77.0 Å². The van der Waals surface area contributed by atoms with Gasteiger partial charge >= 0.3 is 69.5 Å². The predicted octanol–water partition coefficient (Wildman–Crippen LogP) is 10.4. The summed E-state index contributed by atoms with van der Waals surface area (Å²) in [5.74, 6) is 0. The summed E-state index contributed by atoms with van der Waals surface area (Å²) in [6.07, 6.45) is 33.5. The summed E-state index contributed by atoms with van der Waals surface area (Å²) in [5.41, 5.74) is 0. The summed E-state index contributed by atoms with van der Waals surface area (Å²) in [5, 5.41) is 0. The van der Waals surface area contributed by atoms with E-state index in [1.165, 1.54) is 37.0 Å². The molecule has 2 fully saturated rings. The van der Waals surface area contributed by atoms with Gasteiger partial charge in [0.2, 0.25) is 0 Å².